The van der Waals surface area contributed by atoms with Crippen molar-refractivity contribution >= 4 is 0 Å². The highest BCUT2D eigenvalue weighted by atomic mass is 15.1. The molecule has 0 bridgehead atoms. The standard InChI is InChI=1S/C14H29N/c1-4-6-8-13(7-5-2)14-9-11-15(3)12-10-14/h13-14H,4-12H2,1-3H3. The van der Waals surface area contributed by atoms with Gasteiger partial charge < -0.3 is 4.90 Å². The molecular formula is C14H29N. The van der Waals surface area contributed by atoms with Gasteiger partial charge in [0.05, 0.1) is 0 Å². The summed E-state index contributed by atoms with van der Waals surface area (Å²) in [5.41, 5.74) is 0. The van der Waals surface area contributed by atoms with Crippen molar-refractivity contribution in [2.24, 2.45) is 11.8 Å². The fourth-order valence-electron chi connectivity index (χ4n) is 2.95. The van der Waals surface area contributed by atoms with Crippen molar-refractivity contribution in [2.45, 2.75) is 58.8 Å². The largest absolute Gasteiger partial charge is 0.306 e. The lowest BCUT2D eigenvalue weighted by Crippen LogP contribution is -2.33. The molecule has 1 nitrogen and oxygen atoms in total. The number of hydrogen-bond donors (Lipinski definition) is 0. The zero-order valence-electron chi connectivity index (χ0n) is 11.0. The van der Waals surface area contributed by atoms with Crippen molar-refractivity contribution in [1.29, 1.82) is 0 Å². The van der Waals surface area contributed by atoms with Crippen LogP contribution >= 0.6 is 0 Å². The Hall–Kier alpha value is -0.0400. The molecule has 1 rings (SSSR count). The minimum absolute atomic E-state index is 1.03. The first-order chi connectivity index (χ1) is 7.27. The second-order valence-electron chi connectivity index (χ2n) is 5.33. The van der Waals surface area contributed by atoms with Crippen LogP contribution in [0.25, 0.3) is 0 Å². The second-order valence-corrected chi connectivity index (χ2v) is 5.33. The molecule has 0 saturated carbocycles. The van der Waals surface area contributed by atoms with Crippen LogP contribution in [0.4, 0.5) is 0 Å². The molecule has 1 saturated heterocycles. The third kappa shape index (κ3) is 4.55. The fourth-order valence-corrected chi connectivity index (χ4v) is 2.95. The van der Waals surface area contributed by atoms with Crippen molar-refractivity contribution < 1.29 is 0 Å². The summed E-state index contributed by atoms with van der Waals surface area (Å²) >= 11 is 0. The molecule has 1 heteroatoms. The maximum absolute atomic E-state index is 2.49. The highest BCUT2D eigenvalue weighted by molar-refractivity contribution is 4.76. The van der Waals surface area contributed by atoms with Gasteiger partial charge in [0.2, 0.25) is 0 Å². The minimum Gasteiger partial charge on any atom is -0.306 e. The van der Waals surface area contributed by atoms with Gasteiger partial charge in [-0.15, -0.1) is 0 Å². The van der Waals surface area contributed by atoms with Gasteiger partial charge in [0.1, 0.15) is 0 Å². The van der Waals surface area contributed by atoms with E-state index in [0.717, 1.165) is 11.8 Å². The van der Waals surface area contributed by atoms with Crippen LogP contribution in [-0.4, -0.2) is 25.0 Å². The normalized spacial score (nSPS) is 21.8. The molecule has 0 radical (unpaired) electrons. The SMILES string of the molecule is CCCCC(CCC)C1CCN(C)CC1. The van der Waals surface area contributed by atoms with Gasteiger partial charge in [0.25, 0.3) is 0 Å². The third-order valence-corrected chi connectivity index (χ3v) is 4.02. The lowest BCUT2D eigenvalue weighted by molar-refractivity contribution is 0.157. The Morgan fingerprint density at radius 3 is 2.27 bits per heavy atom. The minimum atomic E-state index is 1.03. The van der Waals surface area contributed by atoms with Crippen LogP contribution in [0.3, 0.4) is 0 Å². The number of nitrogens with zero attached hydrogens (tertiary/aromatic N) is 1. The van der Waals surface area contributed by atoms with E-state index in [-0.39, 0.29) is 0 Å². The molecule has 0 aliphatic carbocycles. The van der Waals surface area contributed by atoms with E-state index in [1.807, 2.05) is 0 Å². The predicted molar refractivity (Wildman–Crippen MR) is 68.1 cm³/mol. The Morgan fingerprint density at radius 1 is 1.07 bits per heavy atom. The zero-order valence-corrected chi connectivity index (χ0v) is 11.0. The third-order valence-electron chi connectivity index (χ3n) is 4.02. The highest BCUT2D eigenvalue weighted by Gasteiger charge is 2.23. The summed E-state index contributed by atoms with van der Waals surface area (Å²) in [5, 5.41) is 0. The Bertz CT molecular complexity index is 147. The van der Waals surface area contributed by atoms with Gasteiger partial charge in [-0.3, -0.25) is 0 Å². The summed E-state index contributed by atoms with van der Waals surface area (Å²) in [6.07, 6.45) is 10.0. The summed E-state index contributed by atoms with van der Waals surface area (Å²) in [5.74, 6) is 2.07. The molecule has 1 atom stereocenters. The van der Waals surface area contributed by atoms with E-state index in [9.17, 15) is 0 Å². The van der Waals surface area contributed by atoms with Crippen molar-refractivity contribution in [2.75, 3.05) is 20.1 Å². The van der Waals surface area contributed by atoms with Crippen molar-refractivity contribution in [1.82, 2.24) is 4.90 Å². The van der Waals surface area contributed by atoms with Crippen LogP contribution in [0.2, 0.25) is 0 Å². The van der Waals surface area contributed by atoms with Gasteiger partial charge in [-0.1, -0.05) is 46.0 Å². The van der Waals surface area contributed by atoms with Gasteiger partial charge >= 0.3 is 0 Å². The van der Waals surface area contributed by atoms with Gasteiger partial charge in [0.15, 0.2) is 0 Å². The molecule has 1 aliphatic rings. The van der Waals surface area contributed by atoms with Crippen LogP contribution in [0, 0.1) is 11.8 Å². The Balaban J connectivity index is 2.33. The molecule has 1 heterocycles. The molecule has 1 aliphatic heterocycles. The van der Waals surface area contributed by atoms with E-state index in [0.29, 0.717) is 0 Å². The Morgan fingerprint density at radius 2 is 1.73 bits per heavy atom. The molecule has 0 N–H and O–H groups in total. The number of rotatable bonds is 6. The molecule has 0 amide bonds. The molecule has 0 aromatic rings. The lowest BCUT2D eigenvalue weighted by Gasteiger charge is -2.34. The van der Waals surface area contributed by atoms with E-state index in [4.69, 9.17) is 0 Å². The Kier molecular flexibility index (Phi) is 6.31. The predicted octanol–water partition coefficient (Wildman–Crippen LogP) is 3.93. The van der Waals surface area contributed by atoms with Crippen molar-refractivity contribution in [3.8, 4) is 0 Å². The number of hydrogen-bond acceptors (Lipinski definition) is 1. The van der Waals surface area contributed by atoms with Crippen molar-refractivity contribution in [3.63, 3.8) is 0 Å². The van der Waals surface area contributed by atoms with Crippen LogP contribution in [0.1, 0.15) is 58.8 Å². The van der Waals surface area contributed by atoms with E-state index in [2.05, 4.69) is 25.8 Å². The second kappa shape index (κ2) is 7.27. The van der Waals surface area contributed by atoms with Gasteiger partial charge in [-0.05, 0) is 44.8 Å². The number of piperidine rings is 1. The Labute approximate surface area is 96.2 Å². The van der Waals surface area contributed by atoms with Gasteiger partial charge in [-0.25, -0.2) is 0 Å². The van der Waals surface area contributed by atoms with Crippen LogP contribution in [0.5, 0.6) is 0 Å². The summed E-state index contributed by atoms with van der Waals surface area (Å²) in [6, 6.07) is 0. The molecule has 0 aromatic carbocycles. The maximum atomic E-state index is 2.49. The summed E-state index contributed by atoms with van der Waals surface area (Å²) in [4.78, 5) is 2.49. The maximum Gasteiger partial charge on any atom is -0.00190 e. The highest BCUT2D eigenvalue weighted by Crippen LogP contribution is 2.31. The summed E-state index contributed by atoms with van der Waals surface area (Å²) < 4.78 is 0. The average molecular weight is 211 g/mol. The average Bonchev–Trinajstić information content (AvgIpc) is 2.25. The number of unbranched alkanes of at least 4 members (excludes halogenated alkanes) is 1. The quantitative estimate of drug-likeness (QED) is 0.643. The first kappa shape index (κ1) is 13.0. The van der Waals surface area contributed by atoms with Crippen LogP contribution in [0.15, 0.2) is 0 Å². The molecule has 1 fully saturated rings. The first-order valence-corrected chi connectivity index (χ1v) is 6.96. The van der Waals surface area contributed by atoms with E-state index in [1.54, 1.807) is 0 Å². The summed E-state index contributed by atoms with van der Waals surface area (Å²) in [7, 11) is 2.26. The molecule has 15 heavy (non-hydrogen) atoms. The van der Waals surface area contributed by atoms with Gasteiger partial charge in [0, 0.05) is 0 Å². The molecule has 0 spiro atoms. The van der Waals surface area contributed by atoms with E-state index < -0.39 is 0 Å². The monoisotopic (exact) mass is 211 g/mol. The molecular weight excluding hydrogens is 182 g/mol. The fraction of sp³-hybridized carbons (Fsp3) is 1.00. The van der Waals surface area contributed by atoms with E-state index >= 15 is 0 Å². The van der Waals surface area contributed by atoms with Gasteiger partial charge in [-0.2, -0.15) is 0 Å². The van der Waals surface area contributed by atoms with Crippen LogP contribution in [-0.2, 0) is 0 Å². The molecule has 0 aromatic heterocycles. The summed E-state index contributed by atoms with van der Waals surface area (Å²) in [6.45, 7) is 7.32. The smallest absolute Gasteiger partial charge is 0.00190 e. The van der Waals surface area contributed by atoms with Crippen LogP contribution < -0.4 is 0 Å². The molecule has 1 unspecified atom stereocenters. The van der Waals surface area contributed by atoms with Crippen molar-refractivity contribution in [3.05, 3.63) is 0 Å². The zero-order chi connectivity index (χ0) is 11.1. The molecule has 90 valence electrons. The number of likely N-dealkylation sites (tertiary alicyclic amines) is 1. The topological polar surface area (TPSA) is 3.24 Å². The van der Waals surface area contributed by atoms with E-state index in [1.165, 1.54) is 58.0 Å². The lowest BCUT2D eigenvalue weighted by atomic mass is 9.79. The first-order valence-electron chi connectivity index (χ1n) is 6.96.